The average Bonchev–Trinajstić information content (AvgIpc) is 2.65. The lowest BCUT2D eigenvalue weighted by atomic mass is 10.1. The lowest BCUT2D eigenvalue weighted by Crippen LogP contribution is -2.33. The van der Waals surface area contributed by atoms with Crippen molar-refractivity contribution in [2.45, 2.75) is 24.9 Å². The first kappa shape index (κ1) is 12.3. The highest BCUT2D eigenvalue weighted by molar-refractivity contribution is 5.22. The summed E-state index contributed by atoms with van der Waals surface area (Å²) in [5, 5.41) is 28.2. The fraction of sp³-hybridized carbons (Fsp3) is 0.385. The summed E-state index contributed by atoms with van der Waals surface area (Å²) in [6.45, 7) is 0.105. The van der Waals surface area contributed by atoms with E-state index in [0.29, 0.717) is 12.2 Å². The molecule has 2 rings (SSSR count). The maximum Gasteiger partial charge on any atom is 0.114 e. The Balaban J connectivity index is 1.94. The molecule has 3 N–H and O–H groups in total. The van der Waals surface area contributed by atoms with Gasteiger partial charge in [0.15, 0.2) is 0 Å². The smallest absolute Gasteiger partial charge is 0.114 e. The zero-order valence-electron chi connectivity index (χ0n) is 9.36. The molecular weight excluding hydrogens is 220 g/mol. The van der Waals surface area contributed by atoms with E-state index in [9.17, 15) is 10.2 Å². The van der Waals surface area contributed by atoms with Crippen molar-refractivity contribution in [1.29, 1.82) is 0 Å². The molecule has 0 aliphatic heterocycles. The lowest BCUT2D eigenvalue weighted by Gasteiger charge is -2.17. The molecule has 1 aromatic rings. The first-order chi connectivity index (χ1) is 8.22. The Bertz CT molecular complexity index is 388. The monoisotopic (exact) mass is 236 g/mol. The first-order valence-electron chi connectivity index (χ1n) is 5.55. The number of hydrogen-bond acceptors (Lipinski definition) is 4. The summed E-state index contributed by atoms with van der Waals surface area (Å²) in [6, 6.07) is 9.59. The van der Waals surface area contributed by atoms with E-state index in [1.165, 1.54) is 0 Å². The van der Waals surface area contributed by atoms with E-state index in [4.69, 9.17) is 9.84 Å². The Morgan fingerprint density at radius 1 is 1.12 bits per heavy atom. The van der Waals surface area contributed by atoms with Crippen molar-refractivity contribution in [3.05, 3.63) is 47.5 Å². The van der Waals surface area contributed by atoms with Crippen molar-refractivity contribution < 1.29 is 20.1 Å². The summed E-state index contributed by atoms with van der Waals surface area (Å²) in [6.07, 6.45) is -1.01. The molecule has 1 aliphatic carbocycles. The van der Waals surface area contributed by atoms with Crippen LogP contribution in [0, 0.1) is 0 Å². The highest BCUT2D eigenvalue weighted by Gasteiger charge is 2.34. The number of hydrogen-bond donors (Lipinski definition) is 3. The Morgan fingerprint density at radius 3 is 2.41 bits per heavy atom. The van der Waals surface area contributed by atoms with E-state index < -0.39 is 18.3 Å². The van der Waals surface area contributed by atoms with Crippen molar-refractivity contribution >= 4 is 0 Å². The Kier molecular flexibility index (Phi) is 3.91. The molecule has 0 saturated carbocycles. The Labute approximate surface area is 99.8 Å². The normalized spacial score (nSPS) is 28.2. The second kappa shape index (κ2) is 5.42. The summed E-state index contributed by atoms with van der Waals surface area (Å²) >= 11 is 0. The van der Waals surface area contributed by atoms with Crippen LogP contribution >= 0.6 is 0 Å². The van der Waals surface area contributed by atoms with Crippen molar-refractivity contribution in [2.24, 2.45) is 0 Å². The molecule has 0 spiro atoms. The van der Waals surface area contributed by atoms with Crippen molar-refractivity contribution in [3.8, 4) is 0 Å². The van der Waals surface area contributed by atoms with Crippen molar-refractivity contribution in [3.63, 3.8) is 0 Å². The van der Waals surface area contributed by atoms with Gasteiger partial charge < -0.3 is 20.1 Å². The minimum Gasteiger partial charge on any atom is -0.392 e. The predicted octanol–water partition coefficient (Wildman–Crippen LogP) is 0.226. The van der Waals surface area contributed by atoms with E-state index >= 15 is 0 Å². The van der Waals surface area contributed by atoms with Gasteiger partial charge in [-0.3, -0.25) is 0 Å². The summed E-state index contributed by atoms with van der Waals surface area (Å²) < 4.78 is 5.51. The van der Waals surface area contributed by atoms with Crippen LogP contribution in [0.2, 0.25) is 0 Å². The van der Waals surface area contributed by atoms with Gasteiger partial charge in [0.25, 0.3) is 0 Å². The third-order valence-corrected chi connectivity index (χ3v) is 2.89. The van der Waals surface area contributed by atoms with Gasteiger partial charge in [0.05, 0.1) is 13.2 Å². The zero-order chi connectivity index (χ0) is 12.3. The molecule has 0 bridgehead atoms. The number of benzene rings is 1. The van der Waals surface area contributed by atoms with Gasteiger partial charge >= 0.3 is 0 Å². The second-order valence-corrected chi connectivity index (χ2v) is 4.10. The molecule has 0 fully saturated rings. The fourth-order valence-electron chi connectivity index (χ4n) is 1.87. The van der Waals surface area contributed by atoms with Crippen LogP contribution in [-0.2, 0) is 11.3 Å². The maximum absolute atomic E-state index is 9.70. The quantitative estimate of drug-likeness (QED) is 0.654. The Hall–Kier alpha value is -1.20. The number of aliphatic hydroxyl groups is 3. The topological polar surface area (TPSA) is 69.9 Å². The summed E-state index contributed by atoms with van der Waals surface area (Å²) in [4.78, 5) is 0. The molecule has 92 valence electrons. The second-order valence-electron chi connectivity index (χ2n) is 4.10. The molecule has 17 heavy (non-hydrogen) atoms. The average molecular weight is 236 g/mol. The van der Waals surface area contributed by atoms with Crippen LogP contribution in [0.4, 0.5) is 0 Å². The Morgan fingerprint density at radius 2 is 1.82 bits per heavy atom. The maximum atomic E-state index is 9.70. The summed E-state index contributed by atoms with van der Waals surface area (Å²) in [7, 11) is 0. The van der Waals surface area contributed by atoms with Gasteiger partial charge in [0.1, 0.15) is 18.3 Å². The molecule has 0 amide bonds. The third-order valence-electron chi connectivity index (χ3n) is 2.89. The fourth-order valence-corrected chi connectivity index (χ4v) is 1.87. The molecule has 1 aliphatic rings. The predicted molar refractivity (Wildman–Crippen MR) is 62.2 cm³/mol. The lowest BCUT2D eigenvalue weighted by molar-refractivity contribution is -0.0519. The SMILES string of the molecule is OCC1=C[C@@H](OCc2ccccc2)C(O)[C@H]1O. The largest absolute Gasteiger partial charge is 0.392 e. The summed E-state index contributed by atoms with van der Waals surface area (Å²) in [5.74, 6) is 0. The zero-order valence-corrected chi connectivity index (χ0v) is 9.36. The van der Waals surface area contributed by atoms with E-state index in [2.05, 4.69) is 0 Å². The highest BCUT2D eigenvalue weighted by atomic mass is 16.5. The number of aliphatic hydroxyl groups excluding tert-OH is 3. The minimum absolute atomic E-state index is 0.260. The van der Waals surface area contributed by atoms with Crippen LogP contribution < -0.4 is 0 Å². The van der Waals surface area contributed by atoms with E-state index in [-0.39, 0.29) is 6.61 Å². The molecule has 0 aromatic heterocycles. The molecule has 0 saturated heterocycles. The molecule has 1 aromatic carbocycles. The van der Waals surface area contributed by atoms with Crippen LogP contribution in [0.1, 0.15) is 5.56 Å². The van der Waals surface area contributed by atoms with Gasteiger partial charge in [-0.25, -0.2) is 0 Å². The number of rotatable bonds is 4. The van der Waals surface area contributed by atoms with Gasteiger partial charge in [-0.15, -0.1) is 0 Å². The van der Waals surface area contributed by atoms with Gasteiger partial charge in [-0.05, 0) is 17.2 Å². The molecule has 3 atom stereocenters. The van der Waals surface area contributed by atoms with Crippen LogP contribution in [0.15, 0.2) is 42.0 Å². The van der Waals surface area contributed by atoms with Crippen LogP contribution in [-0.4, -0.2) is 40.2 Å². The van der Waals surface area contributed by atoms with E-state index in [1.807, 2.05) is 30.3 Å². The van der Waals surface area contributed by atoms with Crippen LogP contribution in [0.25, 0.3) is 0 Å². The van der Waals surface area contributed by atoms with Gasteiger partial charge in [-0.1, -0.05) is 30.3 Å². The van der Waals surface area contributed by atoms with E-state index in [1.54, 1.807) is 6.08 Å². The minimum atomic E-state index is -1.03. The molecule has 0 heterocycles. The molecule has 4 nitrogen and oxygen atoms in total. The highest BCUT2D eigenvalue weighted by Crippen LogP contribution is 2.23. The van der Waals surface area contributed by atoms with Crippen molar-refractivity contribution in [2.75, 3.05) is 6.61 Å². The standard InChI is InChI=1S/C13H16O4/c14-7-10-6-11(13(16)12(10)15)17-8-9-4-2-1-3-5-9/h1-6,11-16H,7-8H2/t11-,12+,13?/m1/s1. The molecule has 0 radical (unpaired) electrons. The third kappa shape index (κ3) is 2.73. The van der Waals surface area contributed by atoms with Gasteiger partial charge in [0.2, 0.25) is 0 Å². The van der Waals surface area contributed by atoms with E-state index in [0.717, 1.165) is 5.56 Å². The first-order valence-corrected chi connectivity index (χ1v) is 5.55. The van der Waals surface area contributed by atoms with Gasteiger partial charge in [0, 0.05) is 0 Å². The van der Waals surface area contributed by atoms with Crippen LogP contribution in [0.3, 0.4) is 0 Å². The van der Waals surface area contributed by atoms with Crippen LogP contribution in [0.5, 0.6) is 0 Å². The number of ether oxygens (including phenoxy) is 1. The molecule has 1 unspecified atom stereocenters. The summed E-state index contributed by atoms with van der Waals surface area (Å²) in [5.41, 5.74) is 1.41. The molecular formula is C13H16O4. The molecule has 4 heteroatoms. The van der Waals surface area contributed by atoms with Gasteiger partial charge in [-0.2, -0.15) is 0 Å². The van der Waals surface area contributed by atoms with Crippen molar-refractivity contribution in [1.82, 2.24) is 0 Å².